The molecule has 7 heteroatoms. The normalized spacial score (nSPS) is 17.9. The molecule has 7 nitrogen and oxygen atoms in total. The fourth-order valence-electron chi connectivity index (χ4n) is 3.23. The van der Waals surface area contributed by atoms with Crippen LogP contribution in [0.15, 0.2) is 47.6 Å². The summed E-state index contributed by atoms with van der Waals surface area (Å²) in [7, 11) is 0. The number of hydrogen-bond acceptors (Lipinski definition) is 6. The molecule has 25 heavy (non-hydrogen) atoms. The molecule has 0 unspecified atom stereocenters. The fraction of sp³-hybridized carbons (Fsp3) is 0.389. The molecule has 0 saturated heterocycles. The van der Waals surface area contributed by atoms with Crippen LogP contribution in [-0.2, 0) is 19.6 Å². The van der Waals surface area contributed by atoms with Crippen LogP contribution in [0.1, 0.15) is 17.1 Å². The molecule has 0 saturated carbocycles. The van der Waals surface area contributed by atoms with Crippen molar-refractivity contribution < 1.29 is 9.26 Å². The van der Waals surface area contributed by atoms with Crippen molar-refractivity contribution in [3.63, 3.8) is 0 Å². The minimum Gasteiger partial charge on any atom is -0.492 e. The van der Waals surface area contributed by atoms with Gasteiger partial charge < -0.3 is 13.8 Å². The largest absolute Gasteiger partial charge is 0.492 e. The predicted octanol–water partition coefficient (Wildman–Crippen LogP) is 2.29. The van der Waals surface area contributed by atoms with Crippen molar-refractivity contribution in [3.8, 4) is 5.75 Å². The number of nitrogens with zero attached hydrogens (tertiary/aromatic N) is 5. The molecule has 0 radical (unpaired) electrons. The Morgan fingerprint density at radius 3 is 3.04 bits per heavy atom. The van der Waals surface area contributed by atoms with E-state index in [1.54, 1.807) is 12.4 Å². The summed E-state index contributed by atoms with van der Waals surface area (Å²) in [6.07, 6.45) is 7.33. The van der Waals surface area contributed by atoms with Crippen LogP contribution in [0.2, 0.25) is 0 Å². The topological polar surface area (TPSA) is 69.2 Å². The molecule has 0 aliphatic carbocycles. The molecule has 4 heterocycles. The lowest BCUT2D eigenvalue weighted by Gasteiger charge is -2.23. The highest BCUT2D eigenvalue weighted by atomic mass is 16.5. The van der Waals surface area contributed by atoms with E-state index in [1.807, 2.05) is 37.6 Å². The lowest BCUT2D eigenvalue weighted by Crippen LogP contribution is -2.30. The zero-order valence-electron chi connectivity index (χ0n) is 14.2. The van der Waals surface area contributed by atoms with Gasteiger partial charge in [-0.25, -0.2) is 4.98 Å². The maximum atomic E-state index is 5.94. The van der Waals surface area contributed by atoms with Gasteiger partial charge in [0.1, 0.15) is 11.5 Å². The van der Waals surface area contributed by atoms with Gasteiger partial charge in [0.05, 0.1) is 30.5 Å². The fourth-order valence-corrected chi connectivity index (χ4v) is 3.23. The predicted molar refractivity (Wildman–Crippen MR) is 90.8 cm³/mol. The average molecular weight is 339 g/mol. The molecule has 1 atom stereocenters. The summed E-state index contributed by atoms with van der Waals surface area (Å²) in [6, 6.07) is 5.81. The molecule has 0 bridgehead atoms. The van der Waals surface area contributed by atoms with Crippen LogP contribution >= 0.6 is 0 Å². The minimum atomic E-state index is 0.351. The highest BCUT2D eigenvalue weighted by molar-refractivity contribution is 5.15. The van der Waals surface area contributed by atoms with E-state index < -0.39 is 0 Å². The van der Waals surface area contributed by atoms with Crippen LogP contribution in [0.3, 0.4) is 0 Å². The zero-order valence-corrected chi connectivity index (χ0v) is 14.2. The first-order valence-electron chi connectivity index (χ1n) is 8.42. The van der Waals surface area contributed by atoms with Crippen molar-refractivity contribution in [1.29, 1.82) is 0 Å². The summed E-state index contributed by atoms with van der Waals surface area (Å²) in [4.78, 5) is 10.8. The van der Waals surface area contributed by atoms with Crippen LogP contribution in [0.4, 0.5) is 0 Å². The first-order valence-corrected chi connectivity index (χ1v) is 8.42. The number of imidazole rings is 1. The van der Waals surface area contributed by atoms with E-state index in [2.05, 4.69) is 24.6 Å². The SMILES string of the molecule is Cc1cc(CN2Cc3cncn3C[C@H](COc3cccnc3)C2)no1. The third-order valence-corrected chi connectivity index (χ3v) is 4.34. The molecule has 4 rings (SSSR count). The maximum absolute atomic E-state index is 5.94. The summed E-state index contributed by atoms with van der Waals surface area (Å²) in [6.45, 7) is 5.97. The Kier molecular flexibility index (Phi) is 4.47. The summed E-state index contributed by atoms with van der Waals surface area (Å²) in [5, 5.41) is 4.12. The molecule has 3 aromatic heterocycles. The average Bonchev–Trinajstić information content (AvgIpc) is 3.19. The van der Waals surface area contributed by atoms with Crippen molar-refractivity contribution in [2.75, 3.05) is 13.2 Å². The minimum absolute atomic E-state index is 0.351. The number of pyridine rings is 1. The van der Waals surface area contributed by atoms with E-state index in [0.717, 1.165) is 43.4 Å². The van der Waals surface area contributed by atoms with Gasteiger partial charge in [-0.3, -0.25) is 9.88 Å². The number of hydrogen-bond donors (Lipinski definition) is 0. The number of ether oxygens (including phenoxy) is 1. The Morgan fingerprint density at radius 1 is 1.28 bits per heavy atom. The van der Waals surface area contributed by atoms with Crippen molar-refractivity contribution in [3.05, 3.63) is 60.3 Å². The van der Waals surface area contributed by atoms with Crippen LogP contribution in [0.25, 0.3) is 0 Å². The van der Waals surface area contributed by atoms with E-state index in [-0.39, 0.29) is 0 Å². The van der Waals surface area contributed by atoms with Crippen molar-refractivity contribution in [2.45, 2.75) is 26.6 Å². The Labute approximate surface area is 146 Å². The number of aromatic nitrogens is 4. The van der Waals surface area contributed by atoms with Crippen molar-refractivity contribution in [2.24, 2.45) is 5.92 Å². The van der Waals surface area contributed by atoms with Crippen molar-refractivity contribution >= 4 is 0 Å². The Bertz CT molecular complexity index is 814. The molecule has 0 N–H and O–H groups in total. The van der Waals surface area contributed by atoms with Crippen LogP contribution in [0.5, 0.6) is 5.75 Å². The Hall–Kier alpha value is -2.67. The van der Waals surface area contributed by atoms with Gasteiger partial charge in [-0.2, -0.15) is 0 Å². The molecule has 3 aromatic rings. The van der Waals surface area contributed by atoms with Gasteiger partial charge in [0.2, 0.25) is 0 Å². The van der Waals surface area contributed by atoms with Gasteiger partial charge >= 0.3 is 0 Å². The lowest BCUT2D eigenvalue weighted by atomic mass is 10.1. The van der Waals surface area contributed by atoms with Gasteiger partial charge in [-0.05, 0) is 19.1 Å². The molecule has 130 valence electrons. The maximum Gasteiger partial charge on any atom is 0.137 e. The lowest BCUT2D eigenvalue weighted by molar-refractivity contribution is 0.165. The zero-order chi connectivity index (χ0) is 17.1. The molecular formula is C18H21N5O2. The first-order chi connectivity index (χ1) is 12.3. The summed E-state index contributed by atoms with van der Waals surface area (Å²) in [5.74, 6) is 1.99. The molecule has 0 aromatic carbocycles. The summed E-state index contributed by atoms with van der Waals surface area (Å²) < 4.78 is 13.3. The van der Waals surface area contributed by atoms with Gasteiger partial charge in [0, 0.05) is 50.6 Å². The molecule has 0 amide bonds. The molecule has 0 spiro atoms. The molecule has 1 aliphatic heterocycles. The van der Waals surface area contributed by atoms with Gasteiger partial charge in [-0.15, -0.1) is 0 Å². The quantitative estimate of drug-likeness (QED) is 0.710. The van der Waals surface area contributed by atoms with Gasteiger partial charge in [0.15, 0.2) is 0 Å². The Morgan fingerprint density at radius 2 is 2.24 bits per heavy atom. The van der Waals surface area contributed by atoms with Gasteiger partial charge in [0.25, 0.3) is 0 Å². The third-order valence-electron chi connectivity index (χ3n) is 4.34. The van der Waals surface area contributed by atoms with E-state index >= 15 is 0 Å². The molecular weight excluding hydrogens is 318 g/mol. The third kappa shape index (κ3) is 3.88. The second-order valence-corrected chi connectivity index (χ2v) is 6.50. The van der Waals surface area contributed by atoms with Crippen LogP contribution in [0, 0.1) is 12.8 Å². The van der Waals surface area contributed by atoms with Crippen LogP contribution in [-0.4, -0.2) is 37.7 Å². The van der Waals surface area contributed by atoms with Crippen LogP contribution < -0.4 is 4.74 Å². The monoisotopic (exact) mass is 339 g/mol. The first kappa shape index (κ1) is 15.8. The van der Waals surface area contributed by atoms with E-state index in [0.29, 0.717) is 12.5 Å². The summed E-state index contributed by atoms with van der Waals surface area (Å²) in [5.41, 5.74) is 2.17. The van der Waals surface area contributed by atoms with E-state index in [4.69, 9.17) is 9.26 Å². The number of rotatable bonds is 5. The highest BCUT2D eigenvalue weighted by Crippen LogP contribution is 2.19. The Balaban J connectivity index is 1.47. The molecule has 1 aliphatic rings. The van der Waals surface area contributed by atoms with Crippen molar-refractivity contribution in [1.82, 2.24) is 24.6 Å². The standard InChI is InChI=1S/C18H21N5O2/c1-14-5-16(21-25-14)10-22-8-15(9-23-13-20-6-17(23)11-22)12-24-18-3-2-4-19-7-18/h2-7,13,15H,8-12H2,1H3/t15-/m1/s1. The summed E-state index contributed by atoms with van der Waals surface area (Å²) >= 11 is 0. The van der Waals surface area contributed by atoms with Gasteiger partial charge in [-0.1, -0.05) is 5.16 Å². The smallest absolute Gasteiger partial charge is 0.137 e. The second kappa shape index (κ2) is 7.06. The number of fused-ring (bicyclic) bond motifs is 1. The number of aryl methyl sites for hydroxylation is 1. The highest BCUT2D eigenvalue weighted by Gasteiger charge is 2.23. The molecule has 0 fully saturated rings. The second-order valence-electron chi connectivity index (χ2n) is 6.50. The van der Waals surface area contributed by atoms with E-state index in [9.17, 15) is 0 Å². The van der Waals surface area contributed by atoms with E-state index in [1.165, 1.54) is 5.69 Å².